The Balaban J connectivity index is 1.78. The van der Waals surface area contributed by atoms with E-state index in [4.69, 9.17) is 4.74 Å². The van der Waals surface area contributed by atoms with Gasteiger partial charge >= 0.3 is 12.1 Å². The zero-order valence-corrected chi connectivity index (χ0v) is 16.6. The summed E-state index contributed by atoms with van der Waals surface area (Å²) in [6, 6.07) is 10.2. The Morgan fingerprint density at radius 3 is 2.59 bits per heavy atom. The number of benzene rings is 1. The van der Waals surface area contributed by atoms with Gasteiger partial charge in [0.2, 0.25) is 0 Å². The van der Waals surface area contributed by atoms with Crippen LogP contribution in [-0.2, 0) is 24.2 Å². The summed E-state index contributed by atoms with van der Waals surface area (Å²) in [5.41, 5.74) is 1.60. The Labute approximate surface area is 162 Å². The first-order valence-electron chi connectivity index (χ1n) is 8.87. The minimum Gasteiger partial charge on any atom is -0.478 e. The molecule has 0 radical (unpaired) electrons. The highest BCUT2D eigenvalue weighted by Gasteiger charge is 2.29. The topological polar surface area (TPSA) is 78.9 Å². The summed E-state index contributed by atoms with van der Waals surface area (Å²) in [4.78, 5) is 27.2. The highest BCUT2D eigenvalue weighted by atomic mass is 32.1. The van der Waals surface area contributed by atoms with E-state index in [2.05, 4.69) is 22.3 Å². The quantitative estimate of drug-likeness (QED) is 0.814. The van der Waals surface area contributed by atoms with Gasteiger partial charge in [-0.25, -0.2) is 9.59 Å². The van der Waals surface area contributed by atoms with Gasteiger partial charge in [-0.3, -0.25) is 10.2 Å². The van der Waals surface area contributed by atoms with Crippen molar-refractivity contribution in [3.05, 3.63) is 51.9 Å². The van der Waals surface area contributed by atoms with E-state index in [1.54, 1.807) is 20.8 Å². The molecule has 1 aromatic carbocycles. The number of rotatable bonds is 4. The average molecular weight is 388 g/mol. The molecule has 7 heteroatoms. The maximum atomic E-state index is 12.1. The van der Waals surface area contributed by atoms with Gasteiger partial charge in [0.15, 0.2) is 0 Å². The van der Waals surface area contributed by atoms with Crippen molar-refractivity contribution >= 4 is 28.4 Å². The van der Waals surface area contributed by atoms with Crippen LogP contribution in [0.15, 0.2) is 30.3 Å². The number of carboxylic acid groups (broad SMARTS) is 1. The summed E-state index contributed by atoms with van der Waals surface area (Å²) in [7, 11) is 0. The van der Waals surface area contributed by atoms with Crippen molar-refractivity contribution < 1.29 is 19.4 Å². The Morgan fingerprint density at radius 2 is 1.96 bits per heavy atom. The van der Waals surface area contributed by atoms with Crippen LogP contribution in [0.5, 0.6) is 0 Å². The molecule has 2 N–H and O–H groups in total. The molecule has 27 heavy (non-hydrogen) atoms. The first kappa shape index (κ1) is 19.4. The van der Waals surface area contributed by atoms with Gasteiger partial charge in [-0.15, -0.1) is 11.3 Å². The third kappa shape index (κ3) is 4.87. The van der Waals surface area contributed by atoms with Crippen LogP contribution in [0.4, 0.5) is 9.80 Å². The standard InChI is InChI=1S/C20H24N2O4S/c1-20(2,3)26-19(25)21-17-16(18(23)24)14-9-10-22(12-15(14)27-17)11-13-7-5-4-6-8-13/h4-8H,9-12H2,1-3H3,(H,21,25)(H,23,24). The smallest absolute Gasteiger partial charge is 0.412 e. The fraction of sp³-hybridized carbons (Fsp3) is 0.400. The van der Waals surface area contributed by atoms with E-state index in [0.717, 1.165) is 23.5 Å². The molecule has 0 saturated carbocycles. The lowest BCUT2D eigenvalue weighted by molar-refractivity contribution is 0.0636. The van der Waals surface area contributed by atoms with E-state index in [9.17, 15) is 14.7 Å². The number of hydrogen-bond acceptors (Lipinski definition) is 5. The number of nitrogens with one attached hydrogen (secondary N) is 1. The number of anilines is 1. The van der Waals surface area contributed by atoms with Gasteiger partial charge in [0.1, 0.15) is 10.6 Å². The first-order valence-corrected chi connectivity index (χ1v) is 9.68. The van der Waals surface area contributed by atoms with Crippen molar-refractivity contribution in [2.24, 2.45) is 0 Å². The largest absolute Gasteiger partial charge is 0.478 e. The van der Waals surface area contributed by atoms with Crippen molar-refractivity contribution in [1.29, 1.82) is 0 Å². The molecule has 1 aromatic heterocycles. The molecule has 0 atom stereocenters. The minimum absolute atomic E-state index is 0.195. The lowest BCUT2D eigenvalue weighted by Crippen LogP contribution is -2.29. The molecule has 0 saturated heterocycles. The van der Waals surface area contributed by atoms with Crippen LogP contribution >= 0.6 is 11.3 Å². The molecule has 0 bridgehead atoms. The van der Waals surface area contributed by atoms with Crippen molar-refractivity contribution in [1.82, 2.24) is 4.90 Å². The Kier molecular flexibility index (Phi) is 5.53. The number of hydrogen-bond donors (Lipinski definition) is 2. The molecule has 3 rings (SSSR count). The molecule has 0 aliphatic carbocycles. The molecular formula is C20H24N2O4S. The van der Waals surface area contributed by atoms with Gasteiger partial charge in [-0.05, 0) is 38.3 Å². The molecule has 0 spiro atoms. The van der Waals surface area contributed by atoms with Gasteiger partial charge in [0, 0.05) is 24.5 Å². The number of carbonyl (C=O) groups is 2. The second-order valence-electron chi connectivity index (χ2n) is 7.59. The molecular weight excluding hydrogens is 364 g/mol. The van der Waals surface area contributed by atoms with Crippen LogP contribution < -0.4 is 5.32 Å². The zero-order chi connectivity index (χ0) is 19.6. The second-order valence-corrected chi connectivity index (χ2v) is 8.69. The Hall–Kier alpha value is -2.38. The monoisotopic (exact) mass is 388 g/mol. The van der Waals surface area contributed by atoms with E-state index in [-0.39, 0.29) is 5.56 Å². The molecule has 1 aliphatic rings. The molecule has 1 amide bonds. The first-order chi connectivity index (χ1) is 12.7. The van der Waals surface area contributed by atoms with Gasteiger partial charge in [0.05, 0.1) is 5.56 Å². The minimum atomic E-state index is -1.02. The van der Waals surface area contributed by atoms with Crippen LogP contribution in [-0.4, -0.2) is 34.2 Å². The number of nitrogens with zero attached hydrogens (tertiary/aromatic N) is 1. The van der Waals surface area contributed by atoms with E-state index in [1.807, 2.05) is 18.2 Å². The van der Waals surface area contributed by atoms with Crippen LogP contribution in [0.3, 0.4) is 0 Å². The van der Waals surface area contributed by atoms with Gasteiger partial charge in [0.25, 0.3) is 0 Å². The van der Waals surface area contributed by atoms with Crippen molar-refractivity contribution in [2.45, 2.75) is 45.9 Å². The van der Waals surface area contributed by atoms with E-state index in [1.165, 1.54) is 16.9 Å². The maximum absolute atomic E-state index is 12.1. The van der Waals surface area contributed by atoms with Crippen LogP contribution in [0, 0.1) is 0 Å². The molecule has 1 aliphatic heterocycles. The third-order valence-electron chi connectivity index (χ3n) is 4.21. The molecule has 0 unspecified atom stereocenters. The predicted molar refractivity (Wildman–Crippen MR) is 105 cm³/mol. The number of ether oxygens (including phenoxy) is 1. The summed E-state index contributed by atoms with van der Waals surface area (Å²) in [5.74, 6) is -1.02. The van der Waals surface area contributed by atoms with Crippen LogP contribution in [0.2, 0.25) is 0 Å². The molecule has 0 fully saturated rings. The molecule has 2 aromatic rings. The second kappa shape index (κ2) is 7.70. The van der Waals surface area contributed by atoms with Crippen LogP contribution in [0.1, 0.15) is 47.1 Å². The highest BCUT2D eigenvalue weighted by Crippen LogP contribution is 2.37. The molecule has 144 valence electrons. The van der Waals surface area contributed by atoms with Gasteiger partial charge < -0.3 is 9.84 Å². The Bertz CT molecular complexity index is 840. The van der Waals surface area contributed by atoms with Gasteiger partial charge in [-0.2, -0.15) is 0 Å². The van der Waals surface area contributed by atoms with Crippen molar-refractivity contribution in [3.63, 3.8) is 0 Å². The molecule has 2 heterocycles. The van der Waals surface area contributed by atoms with Crippen molar-refractivity contribution in [2.75, 3.05) is 11.9 Å². The highest BCUT2D eigenvalue weighted by molar-refractivity contribution is 7.17. The number of fused-ring (bicyclic) bond motifs is 1. The maximum Gasteiger partial charge on any atom is 0.412 e. The summed E-state index contributed by atoms with van der Waals surface area (Å²) in [6.07, 6.45) is 0.0146. The van der Waals surface area contributed by atoms with Crippen molar-refractivity contribution in [3.8, 4) is 0 Å². The number of carboxylic acids is 1. The summed E-state index contributed by atoms with van der Waals surface area (Å²) >= 11 is 1.32. The summed E-state index contributed by atoms with van der Waals surface area (Å²) in [5, 5.41) is 12.6. The van der Waals surface area contributed by atoms with E-state index >= 15 is 0 Å². The number of thiophene rings is 1. The summed E-state index contributed by atoms with van der Waals surface area (Å²) < 4.78 is 5.26. The zero-order valence-electron chi connectivity index (χ0n) is 15.7. The summed E-state index contributed by atoms with van der Waals surface area (Å²) in [6.45, 7) is 7.58. The average Bonchev–Trinajstić information content (AvgIpc) is 2.91. The van der Waals surface area contributed by atoms with E-state index in [0.29, 0.717) is 18.0 Å². The Morgan fingerprint density at radius 1 is 1.26 bits per heavy atom. The fourth-order valence-corrected chi connectivity index (χ4v) is 4.41. The SMILES string of the molecule is CC(C)(C)OC(=O)Nc1sc2c(c1C(=O)O)CCN(Cc1ccccc1)C2. The van der Waals surface area contributed by atoms with Gasteiger partial charge in [-0.1, -0.05) is 30.3 Å². The number of aromatic carboxylic acids is 1. The lowest BCUT2D eigenvalue weighted by Gasteiger charge is -2.26. The molecule has 6 nitrogen and oxygen atoms in total. The number of carbonyl (C=O) groups excluding carboxylic acids is 1. The number of amides is 1. The predicted octanol–water partition coefficient (Wildman–Crippen LogP) is 4.35. The van der Waals surface area contributed by atoms with E-state index < -0.39 is 17.7 Å². The fourth-order valence-electron chi connectivity index (χ4n) is 3.14. The lowest BCUT2D eigenvalue weighted by atomic mass is 10.0. The normalized spacial score (nSPS) is 14.5. The van der Waals surface area contributed by atoms with Crippen LogP contribution in [0.25, 0.3) is 0 Å². The third-order valence-corrected chi connectivity index (χ3v) is 5.35.